The van der Waals surface area contributed by atoms with Gasteiger partial charge in [-0.3, -0.25) is 4.79 Å². The highest BCUT2D eigenvalue weighted by atomic mass is 16.8. The van der Waals surface area contributed by atoms with Gasteiger partial charge in [0, 0.05) is 19.0 Å². The van der Waals surface area contributed by atoms with Gasteiger partial charge < -0.3 is 24.3 Å². The topological polar surface area (TPSA) is 113 Å². The Morgan fingerprint density at radius 1 is 1.24 bits per heavy atom. The first kappa shape index (κ1) is 25.9. The number of carbonyl (C=O) groups excluding carboxylic acids is 3. The van der Waals surface area contributed by atoms with Gasteiger partial charge in [0.05, 0.1) is 7.11 Å². The van der Waals surface area contributed by atoms with Gasteiger partial charge in [0.2, 0.25) is 6.29 Å². The van der Waals surface area contributed by atoms with Crippen LogP contribution in [0.25, 0.3) is 5.57 Å². The predicted octanol–water partition coefficient (Wildman–Crippen LogP) is 4.24. The van der Waals surface area contributed by atoms with Crippen molar-refractivity contribution in [3.63, 3.8) is 0 Å². The summed E-state index contributed by atoms with van der Waals surface area (Å²) < 4.78 is 20.4. The molecule has 9 heteroatoms. The van der Waals surface area contributed by atoms with E-state index in [2.05, 4.69) is 16.9 Å². The second kappa shape index (κ2) is 11.0. The van der Waals surface area contributed by atoms with E-state index in [0.29, 0.717) is 29.4 Å². The van der Waals surface area contributed by atoms with Gasteiger partial charge in [0.25, 0.3) is 5.91 Å². The summed E-state index contributed by atoms with van der Waals surface area (Å²) in [6.45, 7) is 12.5. The van der Waals surface area contributed by atoms with Crippen molar-refractivity contribution in [2.75, 3.05) is 13.7 Å². The molecule has 1 fully saturated rings. The molecule has 0 saturated heterocycles. The Balaban J connectivity index is 2.24. The molecule has 1 amide bonds. The molecular formula is C24H32N2O7. The third-order valence-electron chi connectivity index (χ3n) is 4.56. The molecule has 2 rings (SSSR count). The highest BCUT2D eigenvalue weighted by Crippen LogP contribution is 2.27. The van der Waals surface area contributed by atoms with Crippen LogP contribution < -0.4 is 5.32 Å². The maximum absolute atomic E-state index is 12.9. The molecule has 1 heterocycles. The van der Waals surface area contributed by atoms with Crippen molar-refractivity contribution < 1.29 is 33.3 Å². The molecule has 9 nitrogen and oxygen atoms in total. The molecular weight excluding hydrogens is 428 g/mol. The fourth-order valence-corrected chi connectivity index (χ4v) is 2.73. The van der Waals surface area contributed by atoms with Crippen LogP contribution in [0.2, 0.25) is 0 Å². The molecule has 1 aliphatic rings. The van der Waals surface area contributed by atoms with Gasteiger partial charge in [0.1, 0.15) is 17.1 Å². The standard InChI is InChI=1S/C24H32N2O7/c1-14(12-15(2)30-7)18-10-11-19(21(27)25-13-17-8-9-17)26-20(18)22(28)31-16(3)32-23(29)33-24(4,5)6/h10-12,16-17H,2,8-9,13H2,1,3-7H3,(H,25,27)/b14-12+. The van der Waals surface area contributed by atoms with E-state index in [-0.39, 0.29) is 17.3 Å². The number of carbonyl (C=O) groups is 3. The summed E-state index contributed by atoms with van der Waals surface area (Å²) in [5.41, 5.74) is 0.244. The summed E-state index contributed by atoms with van der Waals surface area (Å²) in [4.78, 5) is 41.5. The number of hydrogen-bond acceptors (Lipinski definition) is 8. The lowest BCUT2D eigenvalue weighted by Crippen LogP contribution is -2.29. The first-order valence-electron chi connectivity index (χ1n) is 10.7. The Labute approximate surface area is 194 Å². The highest BCUT2D eigenvalue weighted by Gasteiger charge is 2.26. The number of methoxy groups -OCH3 is 1. The summed E-state index contributed by atoms with van der Waals surface area (Å²) in [6.07, 6.45) is 1.59. The maximum Gasteiger partial charge on any atom is 0.511 e. The van der Waals surface area contributed by atoms with E-state index in [4.69, 9.17) is 18.9 Å². The minimum absolute atomic E-state index is 0.0745. The van der Waals surface area contributed by atoms with E-state index in [9.17, 15) is 14.4 Å². The van der Waals surface area contributed by atoms with Crippen LogP contribution >= 0.6 is 0 Å². The summed E-state index contributed by atoms with van der Waals surface area (Å²) in [5, 5.41) is 2.82. The molecule has 0 aromatic carbocycles. The smallest absolute Gasteiger partial charge is 0.497 e. The van der Waals surface area contributed by atoms with Gasteiger partial charge in [-0.05, 0) is 70.2 Å². The zero-order valence-electron chi connectivity index (χ0n) is 20.0. The van der Waals surface area contributed by atoms with E-state index >= 15 is 0 Å². The zero-order valence-corrected chi connectivity index (χ0v) is 20.0. The number of allylic oxidation sites excluding steroid dienone is 2. The van der Waals surface area contributed by atoms with Crippen LogP contribution in [-0.2, 0) is 18.9 Å². The quantitative estimate of drug-likeness (QED) is 0.252. The number of nitrogens with zero attached hydrogens (tertiary/aromatic N) is 1. The number of ether oxygens (including phenoxy) is 4. The lowest BCUT2D eigenvalue weighted by molar-refractivity contribution is -0.0977. The van der Waals surface area contributed by atoms with E-state index < -0.39 is 24.0 Å². The molecule has 0 bridgehead atoms. The zero-order chi connectivity index (χ0) is 24.8. The van der Waals surface area contributed by atoms with Crippen molar-refractivity contribution in [3.05, 3.63) is 47.5 Å². The van der Waals surface area contributed by atoms with Crippen molar-refractivity contribution in [1.82, 2.24) is 10.3 Å². The van der Waals surface area contributed by atoms with E-state index in [1.807, 2.05) is 0 Å². The van der Waals surface area contributed by atoms with Gasteiger partial charge in [0.15, 0.2) is 5.69 Å². The molecule has 1 aliphatic carbocycles. The number of esters is 1. The minimum atomic E-state index is -1.24. The SMILES string of the molecule is C=C(/C=C(\C)c1ccc(C(=O)NCC2CC2)nc1C(=O)OC(C)OC(=O)OC(C)(C)C)OC. The summed E-state index contributed by atoms with van der Waals surface area (Å²) in [6, 6.07) is 3.13. The molecule has 180 valence electrons. The summed E-state index contributed by atoms with van der Waals surface area (Å²) in [7, 11) is 1.47. The average molecular weight is 461 g/mol. The summed E-state index contributed by atoms with van der Waals surface area (Å²) in [5.74, 6) is -0.384. The second-order valence-corrected chi connectivity index (χ2v) is 8.80. The molecule has 1 aromatic rings. The molecule has 1 N–H and O–H groups in total. The third kappa shape index (κ3) is 8.59. The van der Waals surface area contributed by atoms with E-state index in [1.54, 1.807) is 39.8 Å². The molecule has 1 saturated carbocycles. The van der Waals surface area contributed by atoms with Crippen molar-refractivity contribution in [1.29, 1.82) is 0 Å². The number of rotatable bonds is 9. The van der Waals surface area contributed by atoms with Crippen LogP contribution in [0.4, 0.5) is 4.79 Å². The second-order valence-electron chi connectivity index (χ2n) is 8.80. The minimum Gasteiger partial charge on any atom is -0.497 e. The third-order valence-corrected chi connectivity index (χ3v) is 4.56. The number of aromatic nitrogens is 1. The Morgan fingerprint density at radius 3 is 2.48 bits per heavy atom. The molecule has 0 radical (unpaired) electrons. The van der Waals surface area contributed by atoms with Gasteiger partial charge >= 0.3 is 12.1 Å². The number of amides is 1. The van der Waals surface area contributed by atoms with E-state index in [0.717, 1.165) is 12.8 Å². The number of nitrogens with one attached hydrogen (secondary N) is 1. The average Bonchev–Trinajstić information content (AvgIpc) is 3.54. The van der Waals surface area contributed by atoms with Crippen LogP contribution in [0.3, 0.4) is 0 Å². The largest absolute Gasteiger partial charge is 0.511 e. The predicted molar refractivity (Wildman–Crippen MR) is 121 cm³/mol. The van der Waals surface area contributed by atoms with Crippen LogP contribution in [0.1, 0.15) is 74.0 Å². The first-order chi connectivity index (χ1) is 15.4. The Kier molecular flexibility index (Phi) is 8.62. The molecule has 0 aliphatic heterocycles. The van der Waals surface area contributed by atoms with Crippen LogP contribution in [0.15, 0.2) is 30.5 Å². The molecule has 1 atom stereocenters. The molecule has 1 unspecified atom stereocenters. The van der Waals surface area contributed by atoms with Crippen LogP contribution in [0, 0.1) is 5.92 Å². The summed E-state index contributed by atoms with van der Waals surface area (Å²) >= 11 is 0. The fourth-order valence-electron chi connectivity index (χ4n) is 2.73. The molecule has 1 aromatic heterocycles. The Bertz CT molecular complexity index is 943. The fraction of sp³-hybridized carbons (Fsp3) is 0.500. The number of hydrogen-bond donors (Lipinski definition) is 1. The van der Waals surface area contributed by atoms with Crippen molar-refractivity contribution in [2.24, 2.45) is 5.92 Å². The van der Waals surface area contributed by atoms with Crippen LogP contribution in [-0.4, -0.2) is 48.6 Å². The maximum atomic E-state index is 12.9. The lowest BCUT2D eigenvalue weighted by Gasteiger charge is -2.21. The first-order valence-corrected chi connectivity index (χ1v) is 10.7. The van der Waals surface area contributed by atoms with Crippen molar-refractivity contribution >= 4 is 23.6 Å². The lowest BCUT2D eigenvalue weighted by atomic mass is 10.0. The monoisotopic (exact) mass is 460 g/mol. The highest BCUT2D eigenvalue weighted by molar-refractivity contribution is 5.97. The normalized spacial score (nSPS) is 14.7. The van der Waals surface area contributed by atoms with E-state index in [1.165, 1.54) is 20.1 Å². The van der Waals surface area contributed by atoms with Crippen molar-refractivity contribution in [3.8, 4) is 0 Å². The van der Waals surface area contributed by atoms with Crippen molar-refractivity contribution in [2.45, 2.75) is 59.4 Å². The van der Waals surface area contributed by atoms with Crippen LogP contribution in [0.5, 0.6) is 0 Å². The molecule has 0 spiro atoms. The van der Waals surface area contributed by atoms with Gasteiger partial charge in [-0.15, -0.1) is 0 Å². The van der Waals surface area contributed by atoms with Gasteiger partial charge in [-0.2, -0.15) is 0 Å². The van der Waals surface area contributed by atoms with Gasteiger partial charge in [-0.25, -0.2) is 14.6 Å². The molecule has 33 heavy (non-hydrogen) atoms. The van der Waals surface area contributed by atoms with Gasteiger partial charge in [-0.1, -0.05) is 6.58 Å². The Morgan fingerprint density at radius 2 is 1.91 bits per heavy atom. The number of pyridine rings is 1. The Hall–Kier alpha value is -3.36.